The summed E-state index contributed by atoms with van der Waals surface area (Å²) < 4.78 is 5.24. The third-order valence-corrected chi connectivity index (χ3v) is 5.24. The van der Waals surface area contributed by atoms with E-state index in [1.54, 1.807) is 7.11 Å². The Hall–Kier alpha value is -1.45. The van der Waals surface area contributed by atoms with E-state index in [2.05, 4.69) is 50.2 Å². The van der Waals surface area contributed by atoms with Crippen molar-refractivity contribution < 1.29 is 4.74 Å². The van der Waals surface area contributed by atoms with Gasteiger partial charge in [-0.05, 0) is 42.7 Å². The van der Waals surface area contributed by atoms with Crippen molar-refractivity contribution >= 4 is 11.8 Å². The number of ether oxygens (including phenoxy) is 1. The van der Waals surface area contributed by atoms with Crippen LogP contribution in [-0.2, 0) is 0 Å². The summed E-state index contributed by atoms with van der Waals surface area (Å²) in [4.78, 5) is 1.29. The van der Waals surface area contributed by atoms with Gasteiger partial charge in [-0.3, -0.25) is 0 Å². The molecule has 21 heavy (non-hydrogen) atoms. The average molecular weight is 301 g/mol. The van der Waals surface area contributed by atoms with Crippen LogP contribution in [0.1, 0.15) is 29.7 Å². The van der Waals surface area contributed by atoms with Gasteiger partial charge in [-0.2, -0.15) is 0 Å². The van der Waals surface area contributed by atoms with Crippen molar-refractivity contribution in [3.05, 3.63) is 59.7 Å². The Balaban J connectivity index is 2.27. The fraction of sp³-hybridized carbons (Fsp3) is 0.333. The van der Waals surface area contributed by atoms with Crippen LogP contribution in [0, 0.1) is 6.92 Å². The largest absolute Gasteiger partial charge is 0.497 e. The van der Waals surface area contributed by atoms with Crippen molar-refractivity contribution in [1.82, 2.24) is 0 Å². The Kier molecular flexibility index (Phi) is 5.71. The molecule has 0 amide bonds. The molecule has 112 valence electrons. The minimum absolute atomic E-state index is 0.128. The second kappa shape index (κ2) is 7.53. The summed E-state index contributed by atoms with van der Waals surface area (Å²) in [5.74, 6) is 0.878. The fourth-order valence-electron chi connectivity index (χ4n) is 2.24. The number of hydrogen-bond acceptors (Lipinski definition) is 3. The summed E-state index contributed by atoms with van der Waals surface area (Å²) in [7, 11) is 1.69. The van der Waals surface area contributed by atoms with E-state index < -0.39 is 0 Å². The van der Waals surface area contributed by atoms with Crippen molar-refractivity contribution in [2.24, 2.45) is 5.73 Å². The molecule has 0 saturated heterocycles. The lowest BCUT2D eigenvalue weighted by atomic mass is 10.0. The topological polar surface area (TPSA) is 35.2 Å². The van der Waals surface area contributed by atoms with E-state index in [4.69, 9.17) is 10.5 Å². The molecule has 0 aliphatic rings. The molecule has 0 spiro atoms. The van der Waals surface area contributed by atoms with Gasteiger partial charge in [0.1, 0.15) is 5.75 Å². The van der Waals surface area contributed by atoms with Crippen LogP contribution >= 0.6 is 11.8 Å². The highest BCUT2D eigenvalue weighted by molar-refractivity contribution is 7.99. The lowest BCUT2D eigenvalue weighted by molar-refractivity contribution is 0.414. The molecule has 2 rings (SSSR count). The van der Waals surface area contributed by atoms with E-state index in [0.29, 0.717) is 0 Å². The molecule has 2 atom stereocenters. The molecule has 0 bridgehead atoms. The predicted octanol–water partition coefficient (Wildman–Crippen LogP) is 4.57. The highest BCUT2D eigenvalue weighted by Gasteiger charge is 2.20. The van der Waals surface area contributed by atoms with Gasteiger partial charge in [0.05, 0.1) is 7.11 Å². The van der Waals surface area contributed by atoms with Gasteiger partial charge in [0.25, 0.3) is 0 Å². The molecule has 0 fully saturated rings. The Labute approximate surface area is 131 Å². The molecule has 0 heterocycles. The van der Waals surface area contributed by atoms with Crippen molar-refractivity contribution in [3.63, 3.8) is 0 Å². The lowest BCUT2D eigenvalue weighted by Gasteiger charge is -2.24. The van der Waals surface area contributed by atoms with Crippen LogP contribution in [0.15, 0.2) is 53.4 Å². The molecule has 0 radical (unpaired) electrons. The van der Waals surface area contributed by atoms with Crippen LogP contribution in [0.5, 0.6) is 5.75 Å². The number of aryl methyl sites for hydroxylation is 1. The van der Waals surface area contributed by atoms with Gasteiger partial charge in [0, 0.05) is 16.2 Å². The maximum Gasteiger partial charge on any atom is 0.118 e. The van der Waals surface area contributed by atoms with Crippen molar-refractivity contribution in [3.8, 4) is 5.75 Å². The summed E-state index contributed by atoms with van der Waals surface area (Å²) >= 11 is 1.85. The Bertz CT molecular complexity index is 568. The van der Waals surface area contributed by atoms with Gasteiger partial charge in [-0.25, -0.2) is 0 Å². The smallest absolute Gasteiger partial charge is 0.118 e. The summed E-state index contributed by atoms with van der Waals surface area (Å²) in [5.41, 5.74) is 8.91. The maximum absolute atomic E-state index is 6.37. The van der Waals surface area contributed by atoms with E-state index in [1.165, 1.54) is 16.0 Å². The first-order valence-corrected chi connectivity index (χ1v) is 8.15. The van der Waals surface area contributed by atoms with E-state index in [0.717, 1.165) is 12.2 Å². The summed E-state index contributed by atoms with van der Waals surface area (Å²) in [6.45, 7) is 4.28. The van der Waals surface area contributed by atoms with Gasteiger partial charge in [-0.1, -0.05) is 37.3 Å². The first kappa shape index (κ1) is 15.9. The number of hydrogen-bond donors (Lipinski definition) is 1. The van der Waals surface area contributed by atoms with E-state index in [9.17, 15) is 0 Å². The van der Waals surface area contributed by atoms with E-state index in [1.807, 2.05) is 23.9 Å². The molecular formula is C18H23NOS. The zero-order chi connectivity index (χ0) is 15.2. The number of thioether (sulfide) groups is 1. The maximum atomic E-state index is 6.37. The Morgan fingerprint density at radius 3 is 2.33 bits per heavy atom. The van der Waals surface area contributed by atoms with Crippen molar-refractivity contribution in [2.45, 2.75) is 36.5 Å². The zero-order valence-electron chi connectivity index (χ0n) is 12.9. The van der Waals surface area contributed by atoms with E-state index in [-0.39, 0.29) is 11.3 Å². The van der Waals surface area contributed by atoms with Crippen molar-refractivity contribution in [1.29, 1.82) is 0 Å². The number of rotatable bonds is 6. The predicted molar refractivity (Wildman–Crippen MR) is 91.0 cm³/mol. The van der Waals surface area contributed by atoms with Crippen LogP contribution < -0.4 is 10.5 Å². The third kappa shape index (κ3) is 4.02. The molecule has 2 N–H and O–H groups in total. The number of benzene rings is 2. The monoisotopic (exact) mass is 301 g/mol. The van der Waals surface area contributed by atoms with Gasteiger partial charge in [0.2, 0.25) is 0 Å². The van der Waals surface area contributed by atoms with Gasteiger partial charge in [-0.15, -0.1) is 11.8 Å². The minimum atomic E-state index is 0.128. The van der Waals surface area contributed by atoms with Gasteiger partial charge < -0.3 is 10.5 Å². The second-order valence-electron chi connectivity index (χ2n) is 5.15. The highest BCUT2D eigenvalue weighted by atomic mass is 32.2. The van der Waals surface area contributed by atoms with Crippen LogP contribution in [-0.4, -0.2) is 13.2 Å². The first-order valence-electron chi connectivity index (χ1n) is 7.27. The summed E-state index contributed by atoms with van der Waals surface area (Å²) in [6, 6.07) is 16.8. The minimum Gasteiger partial charge on any atom is -0.497 e. The van der Waals surface area contributed by atoms with Gasteiger partial charge >= 0.3 is 0 Å². The quantitative estimate of drug-likeness (QED) is 0.794. The zero-order valence-corrected chi connectivity index (χ0v) is 13.7. The standard InChI is InChI=1S/C18H23NOS/c1-4-16(19)18(14-9-11-15(20-3)12-10-14)21-17-8-6-5-7-13(17)2/h5-12,16,18H,4,19H2,1-3H3. The molecule has 0 aliphatic heterocycles. The SMILES string of the molecule is CCC(N)C(Sc1ccccc1C)c1ccc(OC)cc1. The fourth-order valence-corrected chi connectivity index (χ4v) is 3.58. The lowest BCUT2D eigenvalue weighted by Crippen LogP contribution is -2.25. The normalized spacial score (nSPS) is 13.7. The molecule has 3 heteroatoms. The molecule has 2 aromatic rings. The molecule has 2 nitrogen and oxygen atoms in total. The van der Waals surface area contributed by atoms with Crippen molar-refractivity contribution in [2.75, 3.05) is 7.11 Å². The van der Waals surface area contributed by atoms with Crippen LogP contribution in [0.3, 0.4) is 0 Å². The third-order valence-electron chi connectivity index (χ3n) is 3.65. The van der Waals surface area contributed by atoms with Gasteiger partial charge in [0.15, 0.2) is 0 Å². The van der Waals surface area contributed by atoms with E-state index >= 15 is 0 Å². The first-order chi connectivity index (χ1) is 10.2. The molecule has 2 aromatic carbocycles. The molecule has 2 unspecified atom stereocenters. The van der Waals surface area contributed by atoms with Crippen LogP contribution in [0.25, 0.3) is 0 Å². The Morgan fingerprint density at radius 1 is 1.10 bits per heavy atom. The number of methoxy groups -OCH3 is 1. The number of nitrogens with two attached hydrogens (primary N) is 1. The van der Waals surface area contributed by atoms with Crippen LogP contribution in [0.2, 0.25) is 0 Å². The summed E-state index contributed by atoms with van der Waals surface area (Å²) in [5, 5.41) is 0.252. The highest BCUT2D eigenvalue weighted by Crippen LogP contribution is 2.39. The molecule has 0 saturated carbocycles. The second-order valence-corrected chi connectivity index (χ2v) is 6.33. The molecular weight excluding hydrogens is 278 g/mol. The Morgan fingerprint density at radius 2 is 1.76 bits per heavy atom. The molecule has 0 aromatic heterocycles. The molecule has 0 aliphatic carbocycles. The summed E-state index contributed by atoms with van der Waals surface area (Å²) in [6.07, 6.45) is 0.954. The average Bonchev–Trinajstić information content (AvgIpc) is 2.53. The van der Waals surface area contributed by atoms with Crippen LogP contribution in [0.4, 0.5) is 0 Å².